The summed E-state index contributed by atoms with van der Waals surface area (Å²) in [5.74, 6) is 1.81. The van der Waals surface area contributed by atoms with Crippen molar-refractivity contribution in [2.45, 2.75) is 17.4 Å². The van der Waals surface area contributed by atoms with Gasteiger partial charge >= 0.3 is 0 Å². The Labute approximate surface area is 128 Å². The number of halogens is 1. The molecule has 1 heterocycles. The topological polar surface area (TPSA) is 35.2 Å². The molecular formula is C16H16ClNOS. The number of nitrogens with two attached hydrogens (primary N) is 1. The smallest absolute Gasteiger partial charge is 0.122 e. The molecule has 3 rings (SSSR count). The van der Waals surface area contributed by atoms with E-state index in [0.29, 0.717) is 0 Å². The van der Waals surface area contributed by atoms with E-state index in [4.69, 9.17) is 22.1 Å². The highest BCUT2D eigenvalue weighted by Gasteiger charge is 2.15. The van der Waals surface area contributed by atoms with Gasteiger partial charge in [-0.3, -0.25) is 0 Å². The molecule has 2 aromatic carbocycles. The number of benzene rings is 2. The van der Waals surface area contributed by atoms with E-state index in [1.165, 1.54) is 5.56 Å². The van der Waals surface area contributed by atoms with Crippen LogP contribution in [0.1, 0.15) is 17.2 Å². The van der Waals surface area contributed by atoms with Crippen molar-refractivity contribution in [1.29, 1.82) is 0 Å². The Morgan fingerprint density at radius 1 is 1.25 bits per heavy atom. The third-order valence-corrected chi connectivity index (χ3v) is 5.03. The monoisotopic (exact) mass is 305 g/mol. The number of rotatable bonds is 4. The number of ether oxygens (including phenoxy) is 1. The van der Waals surface area contributed by atoms with Gasteiger partial charge in [-0.2, -0.15) is 0 Å². The Kier molecular flexibility index (Phi) is 4.20. The van der Waals surface area contributed by atoms with Gasteiger partial charge in [0.25, 0.3) is 0 Å². The van der Waals surface area contributed by atoms with Crippen LogP contribution in [0, 0.1) is 0 Å². The van der Waals surface area contributed by atoms with Gasteiger partial charge in [-0.1, -0.05) is 35.9 Å². The molecule has 4 heteroatoms. The van der Waals surface area contributed by atoms with Crippen LogP contribution in [0.2, 0.25) is 5.02 Å². The lowest BCUT2D eigenvalue weighted by Crippen LogP contribution is -2.13. The van der Waals surface area contributed by atoms with Crippen LogP contribution in [0.15, 0.2) is 47.4 Å². The average molecular weight is 306 g/mol. The van der Waals surface area contributed by atoms with Gasteiger partial charge in [0.2, 0.25) is 0 Å². The maximum absolute atomic E-state index is 6.28. The Hall–Kier alpha value is -1.16. The zero-order valence-corrected chi connectivity index (χ0v) is 12.6. The summed E-state index contributed by atoms with van der Waals surface area (Å²) in [5.41, 5.74) is 8.71. The molecule has 0 radical (unpaired) electrons. The van der Waals surface area contributed by atoms with Gasteiger partial charge in [0.05, 0.1) is 11.6 Å². The first-order valence-electron chi connectivity index (χ1n) is 6.62. The first-order valence-corrected chi connectivity index (χ1v) is 7.99. The SMILES string of the molecule is NC(CSc1ccccc1Cl)c1ccc2c(c1)CCO2. The number of thioether (sulfide) groups is 1. The molecule has 104 valence electrons. The molecule has 0 saturated heterocycles. The molecule has 0 amide bonds. The van der Waals surface area contributed by atoms with Crippen molar-refractivity contribution >= 4 is 23.4 Å². The molecule has 0 aliphatic carbocycles. The summed E-state index contributed by atoms with van der Waals surface area (Å²) in [6, 6.07) is 14.1. The van der Waals surface area contributed by atoms with E-state index in [2.05, 4.69) is 12.1 Å². The molecule has 2 aromatic rings. The van der Waals surface area contributed by atoms with Crippen LogP contribution in [0.5, 0.6) is 5.75 Å². The van der Waals surface area contributed by atoms with Crippen LogP contribution < -0.4 is 10.5 Å². The first-order chi connectivity index (χ1) is 9.74. The lowest BCUT2D eigenvalue weighted by Gasteiger charge is -2.13. The Balaban J connectivity index is 1.67. The van der Waals surface area contributed by atoms with Gasteiger partial charge in [0.15, 0.2) is 0 Å². The number of hydrogen-bond acceptors (Lipinski definition) is 3. The Bertz CT molecular complexity index is 617. The molecule has 2 nitrogen and oxygen atoms in total. The second-order valence-corrected chi connectivity index (χ2v) is 6.28. The maximum atomic E-state index is 6.28. The zero-order valence-electron chi connectivity index (χ0n) is 11.0. The van der Waals surface area contributed by atoms with Gasteiger partial charge in [-0.05, 0) is 29.3 Å². The van der Waals surface area contributed by atoms with Crippen LogP contribution >= 0.6 is 23.4 Å². The van der Waals surface area contributed by atoms with Gasteiger partial charge in [-0.25, -0.2) is 0 Å². The molecule has 20 heavy (non-hydrogen) atoms. The normalized spacial score (nSPS) is 14.7. The lowest BCUT2D eigenvalue weighted by atomic mass is 10.0. The molecular weight excluding hydrogens is 290 g/mol. The van der Waals surface area contributed by atoms with Gasteiger partial charge in [-0.15, -0.1) is 11.8 Å². The minimum Gasteiger partial charge on any atom is -0.493 e. The highest BCUT2D eigenvalue weighted by Crippen LogP contribution is 2.32. The van der Waals surface area contributed by atoms with E-state index in [1.807, 2.05) is 30.3 Å². The van der Waals surface area contributed by atoms with Gasteiger partial charge < -0.3 is 10.5 Å². The van der Waals surface area contributed by atoms with Crippen molar-refractivity contribution in [2.75, 3.05) is 12.4 Å². The summed E-state index contributed by atoms with van der Waals surface area (Å²) in [6.45, 7) is 0.780. The molecule has 1 aliphatic rings. The molecule has 0 fully saturated rings. The zero-order chi connectivity index (χ0) is 13.9. The highest BCUT2D eigenvalue weighted by molar-refractivity contribution is 7.99. The lowest BCUT2D eigenvalue weighted by molar-refractivity contribution is 0.357. The molecule has 1 aliphatic heterocycles. The minimum absolute atomic E-state index is 0.00201. The second kappa shape index (κ2) is 6.08. The van der Waals surface area contributed by atoms with Crippen molar-refractivity contribution in [3.05, 3.63) is 58.6 Å². The average Bonchev–Trinajstić information content (AvgIpc) is 2.93. The molecule has 0 spiro atoms. The summed E-state index contributed by atoms with van der Waals surface area (Å²) < 4.78 is 5.51. The standard InChI is InChI=1S/C16H16ClNOS/c17-13-3-1-2-4-16(13)20-10-14(18)11-5-6-15-12(9-11)7-8-19-15/h1-6,9,14H,7-8,10,18H2. The van der Waals surface area contributed by atoms with Crippen LogP contribution in [0.25, 0.3) is 0 Å². The summed E-state index contributed by atoms with van der Waals surface area (Å²) >= 11 is 7.85. The summed E-state index contributed by atoms with van der Waals surface area (Å²) in [5, 5.41) is 0.784. The maximum Gasteiger partial charge on any atom is 0.122 e. The quantitative estimate of drug-likeness (QED) is 0.865. The highest BCUT2D eigenvalue weighted by atomic mass is 35.5. The third-order valence-electron chi connectivity index (χ3n) is 3.40. The van der Waals surface area contributed by atoms with E-state index in [-0.39, 0.29) is 6.04 Å². The predicted molar refractivity (Wildman–Crippen MR) is 84.7 cm³/mol. The molecule has 1 atom stereocenters. The predicted octanol–water partition coefficient (Wildman–Crippen LogP) is 4.07. The van der Waals surface area contributed by atoms with Crippen molar-refractivity contribution < 1.29 is 4.74 Å². The Morgan fingerprint density at radius 2 is 2.10 bits per heavy atom. The number of fused-ring (bicyclic) bond motifs is 1. The molecule has 0 bridgehead atoms. The van der Waals surface area contributed by atoms with Crippen molar-refractivity contribution in [3.8, 4) is 5.75 Å². The van der Waals surface area contributed by atoms with Crippen molar-refractivity contribution in [1.82, 2.24) is 0 Å². The van der Waals surface area contributed by atoms with Crippen LogP contribution in [0.3, 0.4) is 0 Å². The third kappa shape index (κ3) is 2.95. The minimum atomic E-state index is 0.00201. The van der Waals surface area contributed by atoms with Crippen LogP contribution in [0.4, 0.5) is 0 Å². The summed E-state index contributed by atoms with van der Waals surface area (Å²) in [7, 11) is 0. The first kappa shape index (κ1) is 13.8. The molecule has 0 saturated carbocycles. The van der Waals surface area contributed by atoms with E-state index in [9.17, 15) is 0 Å². The largest absolute Gasteiger partial charge is 0.493 e. The summed E-state index contributed by atoms with van der Waals surface area (Å²) in [4.78, 5) is 1.08. The fourth-order valence-electron chi connectivity index (χ4n) is 2.27. The van der Waals surface area contributed by atoms with E-state index < -0.39 is 0 Å². The summed E-state index contributed by atoms with van der Waals surface area (Å²) in [6.07, 6.45) is 0.980. The van der Waals surface area contributed by atoms with Crippen LogP contribution in [-0.2, 0) is 6.42 Å². The van der Waals surface area contributed by atoms with E-state index in [1.54, 1.807) is 11.8 Å². The second-order valence-electron chi connectivity index (χ2n) is 4.81. The van der Waals surface area contributed by atoms with Crippen LogP contribution in [-0.4, -0.2) is 12.4 Å². The van der Waals surface area contributed by atoms with E-state index in [0.717, 1.165) is 40.0 Å². The molecule has 2 N–H and O–H groups in total. The molecule has 0 aromatic heterocycles. The fraction of sp³-hybridized carbons (Fsp3) is 0.250. The molecule has 1 unspecified atom stereocenters. The van der Waals surface area contributed by atoms with Crippen molar-refractivity contribution in [3.63, 3.8) is 0 Å². The van der Waals surface area contributed by atoms with Gasteiger partial charge in [0.1, 0.15) is 5.75 Å². The van der Waals surface area contributed by atoms with E-state index >= 15 is 0 Å². The number of hydrogen-bond donors (Lipinski definition) is 1. The fourth-order valence-corrected chi connectivity index (χ4v) is 3.51. The Morgan fingerprint density at radius 3 is 2.95 bits per heavy atom. The van der Waals surface area contributed by atoms with Gasteiger partial charge in [0, 0.05) is 23.1 Å². The van der Waals surface area contributed by atoms with Crippen molar-refractivity contribution in [2.24, 2.45) is 5.73 Å².